The Morgan fingerprint density at radius 1 is 1.28 bits per heavy atom. The maximum atomic E-state index is 11.7. The van der Waals surface area contributed by atoms with Crippen molar-refractivity contribution in [1.82, 2.24) is 10.4 Å². The second kappa shape index (κ2) is 9.92. The number of hydrogen-bond acceptors (Lipinski definition) is 8. The number of nitrogens with zero attached hydrogens (tertiary/aromatic N) is 2. The van der Waals surface area contributed by atoms with Gasteiger partial charge in [-0.1, -0.05) is 12.1 Å². The first-order chi connectivity index (χ1) is 15.1. The fraction of sp³-hybridized carbons (Fsp3) is 0.273. The van der Waals surface area contributed by atoms with Crippen molar-refractivity contribution in [3.05, 3.63) is 45.5 Å². The quantitative estimate of drug-likeness (QED) is 0.362. The number of carboxylic acids is 1. The van der Waals surface area contributed by atoms with Crippen LogP contribution < -0.4 is 10.2 Å². The summed E-state index contributed by atoms with van der Waals surface area (Å²) >= 11 is 3.05. The molecule has 0 saturated heterocycles. The van der Waals surface area contributed by atoms with Gasteiger partial charge in [0, 0.05) is 26.3 Å². The van der Waals surface area contributed by atoms with Gasteiger partial charge in [0.25, 0.3) is 0 Å². The van der Waals surface area contributed by atoms with Crippen LogP contribution in [0.1, 0.15) is 30.5 Å². The number of amides is 1. The Kier molecular flexibility index (Phi) is 7.26. The minimum atomic E-state index is -1.03. The second-order valence-electron chi connectivity index (χ2n) is 7.74. The highest BCUT2D eigenvalue weighted by Crippen LogP contribution is 2.35. The summed E-state index contributed by atoms with van der Waals surface area (Å²) in [5.41, 5.74) is 4.38. The van der Waals surface area contributed by atoms with Crippen LogP contribution in [0.2, 0.25) is 0 Å². The van der Waals surface area contributed by atoms with E-state index in [9.17, 15) is 9.59 Å². The number of rotatable bonds is 7. The van der Waals surface area contributed by atoms with Gasteiger partial charge in [-0.05, 0) is 45.9 Å². The van der Waals surface area contributed by atoms with Gasteiger partial charge in [-0.2, -0.15) is 5.10 Å². The molecule has 0 saturated carbocycles. The van der Waals surface area contributed by atoms with Gasteiger partial charge < -0.3 is 14.6 Å². The number of aromatic nitrogens is 1. The minimum Gasteiger partial charge on any atom is -0.482 e. The van der Waals surface area contributed by atoms with E-state index in [1.807, 2.05) is 24.4 Å². The van der Waals surface area contributed by atoms with Gasteiger partial charge in [-0.3, -0.25) is 0 Å². The van der Waals surface area contributed by atoms with Gasteiger partial charge in [0.2, 0.25) is 0 Å². The molecule has 0 atom stereocenters. The average molecular weight is 474 g/mol. The number of thiophene rings is 1. The SMILES string of the molecule is Cc1sc(C=NNC(=O)OC(C)(C)C)cc1-c1nc(-c2cccc(OCC(=O)O)c2)cs1. The smallest absolute Gasteiger partial charge is 0.428 e. The molecule has 0 aliphatic rings. The Hall–Kier alpha value is -3.24. The van der Waals surface area contributed by atoms with Crippen molar-refractivity contribution >= 4 is 41.0 Å². The molecule has 0 spiro atoms. The lowest BCUT2D eigenvalue weighted by Crippen LogP contribution is -2.29. The summed E-state index contributed by atoms with van der Waals surface area (Å²) in [5.74, 6) is -0.554. The molecule has 0 unspecified atom stereocenters. The summed E-state index contributed by atoms with van der Waals surface area (Å²) in [6.07, 6.45) is 0.962. The highest BCUT2D eigenvalue weighted by Gasteiger charge is 2.16. The van der Waals surface area contributed by atoms with Crippen molar-refractivity contribution in [1.29, 1.82) is 0 Å². The first-order valence-electron chi connectivity index (χ1n) is 9.64. The van der Waals surface area contributed by atoms with Gasteiger partial charge >= 0.3 is 12.1 Å². The molecule has 10 heteroatoms. The first-order valence-corrected chi connectivity index (χ1v) is 11.3. The predicted molar refractivity (Wildman–Crippen MR) is 126 cm³/mol. The van der Waals surface area contributed by atoms with E-state index in [0.717, 1.165) is 31.6 Å². The number of ether oxygens (including phenoxy) is 2. The maximum absolute atomic E-state index is 11.7. The molecule has 0 aliphatic heterocycles. The molecule has 1 amide bonds. The van der Waals surface area contributed by atoms with E-state index >= 15 is 0 Å². The summed E-state index contributed by atoms with van der Waals surface area (Å²) in [6.45, 7) is 6.96. The van der Waals surface area contributed by atoms with Crippen molar-refractivity contribution in [3.8, 4) is 27.6 Å². The third-order valence-electron chi connectivity index (χ3n) is 3.91. The number of carbonyl (C=O) groups excluding carboxylic acids is 1. The predicted octanol–water partition coefficient (Wildman–Crippen LogP) is 5.17. The molecule has 2 heterocycles. The van der Waals surface area contributed by atoms with Gasteiger partial charge in [0.05, 0.1) is 11.9 Å². The Morgan fingerprint density at radius 2 is 2.06 bits per heavy atom. The van der Waals surface area contributed by atoms with Crippen molar-refractivity contribution in [2.45, 2.75) is 33.3 Å². The summed E-state index contributed by atoms with van der Waals surface area (Å²) in [7, 11) is 0. The largest absolute Gasteiger partial charge is 0.482 e. The van der Waals surface area contributed by atoms with Crippen LogP contribution in [0.5, 0.6) is 5.75 Å². The van der Waals surface area contributed by atoms with E-state index < -0.39 is 24.3 Å². The molecule has 3 rings (SSSR count). The van der Waals surface area contributed by atoms with Crippen LogP contribution in [0.3, 0.4) is 0 Å². The van der Waals surface area contributed by atoms with E-state index in [-0.39, 0.29) is 0 Å². The number of hydrazone groups is 1. The van der Waals surface area contributed by atoms with Crippen LogP contribution in [0.25, 0.3) is 21.8 Å². The topological polar surface area (TPSA) is 110 Å². The molecule has 0 aliphatic carbocycles. The summed E-state index contributed by atoms with van der Waals surface area (Å²) < 4.78 is 10.4. The third kappa shape index (κ3) is 6.63. The number of aryl methyl sites for hydroxylation is 1. The highest BCUT2D eigenvalue weighted by molar-refractivity contribution is 7.16. The summed E-state index contributed by atoms with van der Waals surface area (Å²) in [4.78, 5) is 29.1. The van der Waals surface area contributed by atoms with Crippen molar-refractivity contribution in [2.75, 3.05) is 6.61 Å². The Labute approximate surface area is 193 Å². The zero-order chi connectivity index (χ0) is 23.3. The number of carboxylic acid groups (broad SMARTS) is 1. The molecule has 0 bridgehead atoms. The number of aliphatic carboxylic acids is 1. The molecular weight excluding hydrogens is 450 g/mol. The van der Waals surface area contributed by atoms with E-state index in [1.54, 1.807) is 56.5 Å². The van der Waals surface area contributed by atoms with E-state index in [4.69, 9.17) is 19.6 Å². The lowest BCUT2D eigenvalue weighted by atomic mass is 10.1. The van der Waals surface area contributed by atoms with E-state index in [2.05, 4.69) is 10.5 Å². The van der Waals surface area contributed by atoms with Crippen molar-refractivity contribution < 1.29 is 24.2 Å². The fourth-order valence-corrected chi connectivity index (χ4v) is 4.52. The standard InChI is InChI=1S/C22H23N3O5S2/c1-13-17(9-16(32-13)10-23-25-21(28)30-22(2,3)4)20-24-18(12-31-20)14-6-5-7-15(8-14)29-11-19(26)27/h5-10,12H,11H2,1-4H3,(H,25,28)(H,26,27). The summed E-state index contributed by atoms with van der Waals surface area (Å²) in [6, 6.07) is 9.14. The molecule has 2 N–H and O–H groups in total. The Bertz CT molecular complexity index is 1140. The Balaban J connectivity index is 1.71. The van der Waals surface area contributed by atoms with Crippen molar-refractivity contribution in [2.24, 2.45) is 5.10 Å². The normalized spacial score (nSPS) is 11.5. The lowest BCUT2D eigenvalue weighted by Gasteiger charge is -2.18. The van der Waals surface area contributed by atoms with E-state index in [1.165, 1.54) is 11.3 Å². The molecule has 168 valence electrons. The monoisotopic (exact) mass is 473 g/mol. The molecule has 0 radical (unpaired) electrons. The molecular formula is C22H23N3O5S2. The molecule has 0 fully saturated rings. The van der Waals surface area contributed by atoms with Crippen LogP contribution in [-0.2, 0) is 9.53 Å². The van der Waals surface area contributed by atoms with Gasteiger partial charge in [-0.15, -0.1) is 22.7 Å². The van der Waals surface area contributed by atoms with Crippen LogP contribution >= 0.6 is 22.7 Å². The zero-order valence-corrected chi connectivity index (χ0v) is 19.7. The van der Waals surface area contributed by atoms with Crippen LogP contribution in [0, 0.1) is 6.92 Å². The first kappa shape index (κ1) is 23.4. The second-order valence-corrected chi connectivity index (χ2v) is 9.88. The molecule has 2 aromatic heterocycles. The number of carbonyl (C=O) groups is 2. The number of benzene rings is 1. The fourth-order valence-electron chi connectivity index (χ4n) is 2.65. The lowest BCUT2D eigenvalue weighted by molar-refractivity contribution is -0.139. The van der Waals surface area contributed by atoms with Crippen LogP contribution in [0.15, 0.2) is 40.8 Å². The maximum Gasteiger partial charge on any atom is 0.428 e. The van der Waals surface area contributed by atoms with E-state index in [0.29, 0.717) is 5.75 Å². The van der Waals surface area contributed by atoms with Crippen LogP contribution in [0.4, 0.5) is 4.79 Å². The van der Waals surface area contributed by atoms with Gasteiger partial charge in [0.1, 0.15) is 16.4 Å². The summed E-state index contributed by atoms with van der Waals surface area (Å²) in [5, 5.41) is 15.5. The molecule has 3 aromatic rings. The zero-order valence-electron chi connectivity index (χ0n) is 18.0. The Morgan fingerprint density at radius 3 is 2.78 bits per heavy atom. The molecule has 8 nitrogen and oxygen atoms in total. The average Bonchev–Trinajstić information content (AvgIpc) is 3.32. The molecule has 1 aromatic carbocycles. The van der Waals surface area contributed by atoms with Crippen LogP contribution in [-0.4, -0.2) is 40.6 Å². The number of thiazole rings is 1. The number of nitrogens with one attached hydrogen (secondary N) is 1. The molecule has 32 heavy (non-hydrogen) atoms. The van der Waals surface area contributed by atoms with Crippen molar-refractivity contribution in [3.63, 3.8) is 0 Å². The number of hydrogen-bond donors (Lipinski definition) is 2. The minimum absolute atomic E-state index is 0.396. The third-order valence-corrected chi connectivity index (χ3v) is 5.77. The van der Waals surface area contributed by atoms with Gasteiger partial charge in [-0.25, -0.2) is 20.0 Å². The highest BCUT2D eigenvalue weighted by atomic mass is 32.1. The van der Waals surface area contributed by atoms with Gasteiger partial charge in [0.15, 0.2) is 6.61 Å².